The number of pyridine rings is 1. The number of carbonyl (C=O) groups is 1. The van der Waals surface area contributed by atoms with Crippen LogP contribution in [0.4, 0.5) is 5.69 Å². The second-order valence-corrected chi connectivity index (χ2v) is 5.60. The number of nitrogens with one attached hydrogen (secondary N) is 1. The van der Waals surface area contributed by atoms with Gasteiger partial charge in [0.2, 0.25) is 0 Å². The molecule has 1 aromatic heterocycles. The van der Waals surface area contributed by atoms with Crippen LogP contribution in [0.3, 0.4) is 0 Å². The molecule has 21 heavy (non-hydrogen) atoms. The molecule has 1 atom stereocenters. The predicted molar refractivity (Wildman–Crippen MR) is 84.1 cm³/mol. The highest BCUT2D eigenvalue weighted by Gasteiger charge is 2.21. The molecule has 1 amide bonds. The van der Waals surface area contributed by atoms with Crippen LogP contribution in [-0.2, 0) is 0 Å². The molecule has 3 N–H and O–H groups in total. The summed E-state index contributed by atoms with van der Waals surface area (Å²) in [5.41, 5.74) is 7.73. The molecule has 0 aliphatic carbocycles. The average Bonchev–Trinajstić information content (AvgIpc) is 2.90. The highest BCUT2D eigenvalue weighted by molar-refractivity contribution is 5.99. The molecule has 3 rings (SSSR count). The second kappa shape index (κ2) is 5.69. The van der Waals surface area contributed by atoms with E-state index in [-0.39, 0.29) is 5.91 Å². The second-order valence-electron chi connectivity index (χ2n) is 5.60. The number of amides is 1. The summed E-state index contributed by atoms with van der Waals surface area (Å²) in [4.78, 5) is 18.9. The van der Waals surface area contributed by atoms with E-state index in [9.17, 15) is 4.79 Å². The van der Waals surface area contributed by atoms with Crippen molar-refractivity contribution in [1.82, 2.24) is 15.2 Å². The molecule has 0 radical (unpaired) electrons. The van der Waals surface area contributed by atoms with Gasteiger partial charge >= 0.3 is 0 Å². The molecule has 1 unspecified atom stereocenters. The Bertz CT molecular complexity index is 670. The third-order valence-corrected chi connectivity index (χ3v) is 4.15. The topological polar surface area (TPSA) is 71.2 Å². The van der Waals surface area contributed by atoms with Crippen molar-refractivity contribution in [3.05, 3.63) is 36.0 Å². The van der Waals surface area contributed by atoms with E-state index >= 15 is 0 Å². The smallest absolute Gasteiger partial charge is 0.270 e. The molecule has 110 valence electrons. The van der Waals surface area contributed by atoms with Crippen LogP contribution >= 0.6 is 0 Å². The van der Waals surface area contributed by atoms with Crippen molar-refractivity contribution in [1.29, 1.82) is 0 Å². The number of rotatable bonds is 3. The number of anilines is 1. The quantitative estimate of drug-likeness (QED) is 0.899. The Balaban J connectivity index is 1.75. The van der Waals surface area contributed by atoms with Crippen LogP contribution in [0, 0.1) is 0 Å². The van der Waals surface area contributed by atoms with Crippen molar-refractivity contribution in [3.8, 4) is 0 Å². The van der Waals surface area contributed by atoms with Gasteiger partial charge in [0.15, 0.2) is 0 Å². The monoisotopic (exact) mass is 284 g/mol. The Morgan fingerprint density at radius 3 is 3.05 bits per heavy atom. The number of fused-ring (bicyclic) bond motifs is 1. The standard InChI is InChI=1S/C16H20N4O/c1-20-8-4-5-11(20)10-18-16(21)15-9-13(17)12-6-2-3-7-14(12)19-15/h2-3,6-7,9,11H,4-5,8,10H2,1H3,(H2,17,19)(H,18,21). The van der Waals surface area contributed by atoms with Crippen molar-refractivity contribution in [3.63, 3.8) is 0 Å². The number of likely N-dealkylation sites (N-methyl/N-ethyl adjacent to an activating group) is 1. The van der Waals surface area contributed by atoms with Gasteiger partial charge in [0.1, 0.15) is 5.69 Å². The molecule has 0 bridgehead atoms. The van der Waals surface area contributed by atoms with Gasteiger partial charge in [0, 0.05) is 23.7 Å². The van der Waals surface area contributed by atoms with Gasteiger partial charge in [-0.05, 0) is 38.6 Å². The molecule has 1 aliphatic heterocycles. The van der Waals surface area contributed by atoms with Crippen LogP contribution < -0.4 is 11.1 Å². The van der Waals surface area contributed by atoms with Crippen LogP contribution in [-0.4, -0.2) is 42.0 Å². The number of nitrogens with zero attached hydrogens (tertiary/aromatic N) is 2. The molecule has 1 fully saturated rings. The van der Waals surface area contributed by atoms with Gasteiger partial charge < -0.3 is 16.0 Å². The number of aromatic nitrogens is 1. The largest absolute Gasteiger partial charge is 0.398 e. The van der Waals surface area contributed by atoms with E-state index in [1.54, 1.807) is 6.07 Å². The van der Waals surface area contributed by atoms with E-state index in [1.165, 1.54) is 6.42 Å². The Hall–Kier alpha value is -2.14. The first-order valence-corrected chi connectivity index (χ1v) is 7.29. The summed E-state index contributed by atoms with van der Waals surface area (Å²) >= 11 is 0. The summed E-state index contributed by atoms with van der Waals surface area (Å²) in [6.07, 6.45) is 2.32. The highest BCUT2D eigenvalue weighted by Crippen LogP contribution is 2.20. The molecule has 5 nitrogen and oxygen atoms in total. The zero-order chi connectivity index (χ0) is 14.8. The minimum atomic E-state index is -0.159. The highest BCUT2D eigenvalue weighted by atomic mass is 16.1. The van der Waals surface area contributed by atoms with E-state index < -0.39 is 0 Å². The van der Waals surface area contributed by atoms with E-state index in [2.05, 4.69) is 22.2 Å². The molecule has 1 aliphatic rings. The lowest BCUT2D eigenvalue weighted by Gasteiger charge is -2.19. The summed E-state index contributed by atoms with van der Waals surface area (Å²) in [5.74, 6) is -0.159. The lowest BCUT2D eigenvalue weighted by Crippen LogP contribution is -2.38. The summed E-state index contributed by atoms with van der Waals surface area (Å²) in [7, 11) is 2.09. The zero-order valence-corrected chi connectivity index (χ0v) is 12.2. The third kappa shape index (κ3) is 2.83. The molecule has 0 spiro atoms. The average molecular weight is 284 g/mol. The van der Waals surface area contributed by atoms with Crippen LogP contribution in [0.2, 0.25) is 0 Å². The van der Waals surface area contributed by atoms with Gasteiger partial charge in [0.25, 0.3) is 5.91 Å². The van der Waals surface area contributed by atoms with Crippen LogP contribution in [0.25, 0.3) is 10.9 Å². The Labute approximate surface area is 124 Å². The Kier molecular flexibility index (Phi) is 3.75. The molecule has 2 aromatic rings. The van der Waals surface area contributed by atoms with E-state index in [0.29, 0.717) is 24.0 Å². The third-order valence-electron chi connectivity index (χ3n) is 4.15. The summed E-state index contributed by atoms with van der Waals surface area (Å²) < 4.78 is 0. The van der Waals surface area contributed by atoms with E-state index in [4.69, 9.17) is 5.73 Å². The van der Waals surface area contributed by atoms with Gasteiger partial charge in [0.05, 0.1) is 5.52 Å². The molecule has 0 saturated carbocycles. The number of hydrogen-bond acceptors (Lipinski definition) is 4. The van der Waals surface area contributed by atoms with Crippen molar-refractivity contribution < 1.29 is 4.79 Å². The number of benzene rings is 1. The van der Waals surface area contributed by atoms with Crippen LogP contribution in [0.1, 0.15) is 23.3 Å². The van der Waals surface area contributed by atoms with Crippen molar-refractivity contribution in [2.75, 3.05) is 25.9 Å². The summed E-state index contributed by atoms with van der Waals surface area (Å²) in [6.45, 7) is 1.76. The van der Waals surface area contributed by atoms with Crippen LogP contribution in [0.15, 0.2) is 30.3 Å². The minimum absolute atomic E-state index is 0.159. The molecule has 1 saturated heterocycles. The van der Waals surface area contributed by atoms with Crippen LogP contribution in [0.5, 0.6) is 0 Å². The number of nitrogens with two attached hydrogens (primary N) is 1. The number of hydrogen-bond donors (Lipinski definition) is 2. The molecule has 1 aromatic carbocycles. The fourth-order valence-electron chi connectivity index (χ4n) is 2.86. The summed E-state index contributed by atoms with van der Waals surface area (Å²) in [5, 5.41) is 3.84. The Morgan fingerprint density at radius 2 is 2.29 bits per heavy atom. The van der Waals surface area contributed by atoms with Gasteiger partial charge in [-0.3, -0.25) is 4.79 Å². The number of likely N-dealkylation sites (tertiary alicyclic amines) is 1. The van der Waals surface area contributed by atoms with Crippen molar-refractivity contribution in [2.24, 2.45) is 0 Å². The first-order chi connectivity index (χ1) is 10.1. The predicted octanol–water partition coefficient (Wildman–Crippen LogP) is 1.64. The minimum Gasteiger partial charge on any atom is -0.398 e. The Morgan fingerprint density at radius 1 is 1.48 bits per heavy atom. The number of para-hydroxylation sites is 1. The number of nitrogen functional groups attached to an aromatic ring is 1. The maximum absolute atomic E-state index is 12.3. The van der Waals surface area contributed by atoms with E-state index in [0.717, 1.165) is 23.9 Å². The van der Waals surface area contributed by atoms with Gasteiger partial charge in [-0.15, -0.1) is 0 Å². The lowest BCUT2D eigenvalue weighted by molar-refractivity contribution is 0.0939. The van der Waals surface area contributed by atoms with Crippen molar-refractivity contribution >= 4 is 22.5 Å². The fraction of sp³-hybridized carbons (Fsp3) is 0.375. The molecule has 5 heteroatoms. The molecular weight excluding hydrogens is 264 g/mol. The normalized spacial score (nSPS) is 19.0. The molecular formula is C16H20N4O. The number of carbonyl (C=O) groups excluding carboxylic acids is 1. The van der Waals surface area contributed by atoms with Gasteiger partial charge in [-0.2, -0.15) is 0 Å². The van der Waals surface area contributed by atoms with E-state index in [1.807, 2.05) is 24.3 Å². The van der Waals surface area contributed by atoms with Gasteiger partial charge in [-0.1, -0.05) is 18.2 Å². The molecule has 2 heterocycles. The van der Waals surface area contributed by atoms with Crippen molar-refractivity contribution in [2.45, 2.75) is 18.9 Å². The fourth-order valence-corrected chi connectivity index (χ4v) is 2.86. The maximum Gasteiger partial charge on any atom is 0.270 e. The zero-order valence-electron chi connectivity index (χ0n) is 12.2. The first kappa shape index (κ1) is 13.8. The maximum atomic E-state index is 12.3. The summed E-state index contributed by atoms with van der Waals surface area (Å²) in [6, 6.07) is 9.66. The van der Waals surface area contributed by atoms with Gasteiger partial charge in [-0.25, -0.2) is 4.98 Å². The first-order valence-electron chi connectivity index (χ1n) is 7.29. The lowest BCUT2D eigenvalue weighted by atomic mass is 10.1. The SMILES string of the molecule is CN1CCCC1CNC(=O)c1cc(N)c2ccccc2n1.